The number of hydrogen-bond donors (Lipinski definition) is 2. The quantitative estimate of drug-likeness (QED) is 0.351. The molecule has 7 nitrogen and oxygen atoms in total. The van der Waals surface area contributed by atoms with E-state index in [0.29, 0.717) is 0 Å². The molecule has 1 aromatic heterocycles. The molecule has 3 heterocycles. The van der Waals surface area contributed by atoms with Crippen molar-refractivity contribution in [2.75, 3.05) is 71.4 Å². The zero-order valence-corrected chi connectivity index (χ0v) is 19.7. The number of guanidine groups is 1. The van der Waals surface area contributed by atoms with Crippen LogP contribution in [0.3, 0.4) is 0 Å². The number of likely N-dealkylation sites (tertiary alicyclic amines) is 1. The second kappa shape index (κ2) is 12.4. The summed E-state index contributed by atoms with van der Waals surface area (Å²) in [6, 6.07) is 4.18. The lowest BCUT2D eigenvalue weighted by Crippen LogP contribution is -2.45. The first kappa shape index (κ1) is 23.2. The number of nitrogens with zero attached hydrogens (tertiary/aromatic N) is 5. The number of rotatable bonds is 6. The molecular weight excluding hydrogens is 465 g/mol. The molecule has 0 bridgehead atoms. The van der Waals surface area contributed by atoms with Crippen LogP contribution in [0, 0.1) is 0 Å². The molecule has 2 N–H and O–H groups in total. The average molecular weight is 501 g/mol. The van der Waals surface area contributed by atoms with Crippen molar-refractivity contribution in [1.29, 1.82) is 0 Å². The third kappa shape index (κ3) is 7.04. The number of pyridine rings is 1. The van der Waals surface area contributed by atoms with Gasteiger partial charge in [-0.1, -0.05) is 12.5 Å². The van der Waals surface area contributed by atoms with Crippen LogP contribution in [-0.2, 0) is 6.54 Å². The first-order valence-electron chi connectivity index (χ1n) is 10.3. The van der Waals surface area contributed by atoms with Gasteiger partial charge in [-0.25, -0.2) is 4.98 Å². The molecule has 2 fully saturated rings. The Morgan fingerprint density at radius 1 is 1.07 bits per heavy atom. The van der Waals surface area contributed by atoms with E-state index in [1.54, 1.807) is 0 Å². The highest BCUT2D eigenvalue weighted by Gasteiger charge is 2.18. The van der Waals surface area contributed by atoms with Gasteiger partial charge < -0.3 is 25.3 Å². The summed E-state index contributed by atoms with van der Waals surface area (Å²) in [6.45, 7) is 9.45. The van der Waals surface area contributed by atoms with Crippen LogP contribution in [0.2, 0.25) is 0 Å². The van der Waals surface area contributed by atoms with E-state index in [1.165, 1.54) is 37.9 Å². The minimum absolute atomic E-state index is 0. The fourth-order valence-electron chi connectivity index (χ4n) is 3.79. The summed E-state index contributed by atoms with van der Waals surface area (Å²) in [5, 5.41) is 6.90. The van der Waals surface area contributed by atoms with Crippen molar-refractivity contribution in [3.8, 4) is 0 Å². The molecule has 0 spiro atoms. The van der Waals surface area contributed by atoms with Crippen molar-refractivity contribution < 1.29 is 0 Å². The lowest BCUT2D eigenvalue weighted by molar-refractivity contribution is 0.232. The number of halogens is 1. The first-order valence-corrected chi connectivity index (χ1v) is 10.3. The average Bonchev–Trinajstić information content (AvgIpc) is 2.72. The molecule has 0 atom stereocenters. The van der Waals surface area contributed by atoms with Gasteiger partial charge in [0.05, 0.1) is 0 Å². The molecule has 28 heavy (non-hydrogen) atoms. The molecule has 0 unspecified atom stereocenters. The van der Waals surface area contributed by atoms with Crippen LogP contribution in [0.15, 0.2) is 23.3 Å². The Hall–Kier alpha value is -1.13. The number of piperidine rings is 1. The van der Waals surface area contributed by atoms with Crippen LogP contribution in [0.5, 0.6) is 0 Å². The maximum atomic E-state index is 4.65. The molecule has 0 aromatic carbocycles. The molecule has 0 saturated carbocycles. The summed E-state index contributed by atoms with van der Waals surface area (Å²) >= 11 is 0. The second-order valence-electron chi connectivity index (χ2n) is 7.53. The Morgan fingerprint density at radius 2 is 1.82 bits per heavy atom. The molecule has 2 saturated heterocycles. The molecule has 2 aliphatic heterocycles. The van der Waals surface area contributed by atoms with E-state index in [4.69, 9.17) is 0 Å². The van der Waals surface area contributed by atoms with Gasteiger partial charge in [-0.2, -0.15) is 0 Å². The lowest BCUT2D eigenvalue weighted by Gasteiger charge is -2.34. The molecule has 158 valence electrons. The van der Waals surface area contributed by atoms with Gasteiger partial charge >= 0.3 is 0 Å². The summed E-state index contributed by atoms with van der Waals surface area (Å²) in [4.78, 5) is 16.3. The van der Waals surface area contributed by atoms with Crippen molar-refractivity contribution in [3.63, 3.8) is 0 Å². The Morgan fingerprint density at radius 3 is 2.54 bits per heavy atom. The van der Waals surface area contributed by atoms with Crippen LogP contribution in [0.4, 0.5) is 5.82 Å². The predicted octanol–water partition coefficient (Wildman–Crippen LogP) is 1.60. The van der Waals surface area contributed by atoms with Gasteiger partial charge in [0, 0.05) is 64.6 Å². The maximum Gasteiger partial charge on any atom is 0.191 e. The largest absolute Gasteiger partial charge is 0.355 e. The minimum atomic E-state index is 0. The summed E-state index contributed by atoms with van der Waals surface area (Å²) < 4.78 is 0. The molecule has 8 heteroatoms. The zero-order chi connectivity index (χ0) is 18.9. The van der Waals surface area contributed by atoms with Crippen LogP contribution < -0.4 is 15.5 Å². The molecule has 0 aliphatic carbocycles. The zero-order valence-electron chi connectivity index (χ0n) is 17.4. The van der Waals surface area contributed by atoms with Crippen LogP contribution in [-0.4, -0.2) is 87.2 Å². The molecule has 1 aromatic rings. The van der Waals surface area contributed by atoms with Gasteiger partial charge in [-0.15, -0.1) is 24.0 Å². The highest BCUT2D eigenvalue weighted by atomic mass is 127. The van der Waals surface area contributed by atoms with E-state index in [9.17, 15) is 0 Å². The number of nitrogens with one attached hydrogen (secondary N) is 2. The van der Waals surface area contributed by atoms with Gasteiger partial charge in [0.15, 0.2) is 5.96 Å². The molecular formula is C20H36IN7. The van der Waals surface area contributed by atoms with E-state index < -0.39 is 0 Å². The van der Waals surface area contributed by atoms with Gasteiger partial charge in [0.2, 0.25) is 0 Å². The van der Waals surface area contributed by atoms with Crippen molar-refractivity contribution in [2.45, 2.75) is 25.8 Å². The van der Waals surface area contributed by atoms with Crippen molar-refractivity contribution in [1.82, 2.24) is 25.4 Å². The maximum absolute atomic E-state index is 4.65. The number of anilines is 1. The molecule has 3 rings (SSSR count). The van der Waals surface area contributed by atoms with Gasteiger partial charge in [0.1, 0.15) is 5.82 Å². The Balaban J connectivity index is 0.00000280. The van der Waals surface area contributed by atoms with E-state index in [-0.39, 0.29) is 24.0 Å². The highest BCUT2D eigenvalue weighted by molar-refractivity contribution is 14.0. The third-order valence-electron chi connectivity index (χ3n) is 5.51. The van der Waals surface area contributed by atoms with Crippen LogP contribution in [0.1, 0.15) is 24.8 Å². The van der Waals surface area contributed by atoms with Crippen molar-refractivity contribution in [3.05, 3.63) is 23.9 Å². The number of hydrogen-bond acceptors (Lipinski definition) is 5. The summed E-state index contributed by atoms with van der Waals surface area (Å²) in [7, 11) is 4.01. The van der Waals surface area contributed by atoms with Gasteiger partial charge in [-0.05, 0) is 39.0 Å². The number of aromatic nitrogens is 1. The van der Waals surface area contributed by atoms with Gasteiger partial charge in [-0.3, -0.25) is 4.99 Å². The summed E-state index contributed by atoms with van der Waals surface area (Å²) in [6.07, 6.45) is 5.95. The van der Waals surface area contributed by atoms with Gasteiger partial charge in [0.25, 0.3) is 0 Å². The summed E-state index contributed by atoms with van der Waals surface area (Å²) in [5.41, 5.74) is 1.22. The number of piperazine rings is 1. The molecule has 0 amide bonds. The van der Waals surface area contributed by atoms with Crippen molar-refractivity contribution in [2.24, 2.45) is 4.99 Å². The first-order chi connectivity index (χ1) is 13.3. The molecule has 2 aliphatic rings. The third-order valence-corrected chi connectivity index (χ3v) is 5.51. The smallest absolute Gasteiger partial charge is 0.191 e. The highest BCUT2D eigenvalue weighted by Crippen LogP contribution is 2.18. The molecule has 0 radical (unpaired) electrons. The Kier molecular flexibility index (Phi) is 10.3. The van der Waals surface area contributed by atoms with Crippen molar-refractivity contribution >= 4 is 35.8 Å². The fraction of sp³-hybridized carbons (Fsp3) is 0.700. The Labute approximate surface area is 187 Å². The topological polar surface area (TPSA) is 59.0 Å². The Bertz CT molecular complexity index is 596. The second-order valence-corrected chi connectivity index (χ2v) is 7.53. The van der Waals surface area contributed by atoms with E-state index in [2.05, 4.69) is 48.4 Å². The van der Waals surface area contributed by atoms with E-state index in [0.717, 1.165) is 57.6 Å². The summed E-state index contributed by atoms with van der Waals surface area (Å²) in [5.74, 6) is 1.96. The van der Waals surface area contributed by atoms with Crippen LogP contribution in [0.25, 0.3) is 0 Å². The standard InChI is InChI=1S/C20H35N7.HI/c1-21-20(23-9-12-26-10-4-3-5-11-26)24-17-18-7-6-8-22-19(18)27-15-13-25(2)14-16-27;/h6-8H,3-5,9-17H2,1-2H3,(H2,21,23,24);1H. The lowest BCUT2D eigenvalue weighted by atomic mass is 10.1. The number of aliphatic imine (C=N–C) groups is 1. The van der Waals surface area contributed by atoms with E-state index in [1.807, 2.05) is 19.3 Å². The number of likely N-dealkylation sites (N-methyl/N-ethyl adjacent to an activating group) is 1. The fourth-order valence-corrected chi connectivity index (χ4v) is 3.79. The van der Waals surface area contributed by atoms with Crippen LogP contribution >= 0.6 is 24.0 Å². The van der Waals surface area contributed by atoms with E-state index >= 15 is 0 Å². The predicted molar refractivity (Wildman–Crippen MR) is 128 cm³/mol. The minimum Gasteiger partial charge on any atom is -0.355 e. The SMILES string of the molecule is CN=C(NCCN1CCCCC1)NCc1cccnc1N1CCN(C)CC1.I. The normalized spacial score (nSPS) is 19.2. The monoisotopic (exact) mass is 501 g/mol.